The summed E-state index contributed by atoms with van der Waals surface area (Å²) in [7, 11) is 1.64. The lowest BCUT2D eigenvalue weighted by molar-refractivity contribution is -0.141. The van der Waals surface area contributed by atoms with Gasteiger partial charge in [0.25, 0.3) is 0 Å². The molecule has 26 heavy (non-hydrogen) atoms. The maximum Gasteiger partial charge on any atom is 0.224 e. The van der Waals surface area contributed by atoms with E-state index in [2.05, 4.69) is 36.4 Å². The minimum absolute atomic E-state index is 0.188. The number of carbonyl (C=O) groups excluding carboxylic acids is 1. The first-order chi connectivity index (χ1) is 12.7. The molecule has 0 saturated carbocycles. The fourth-order valence-corrected chi connectivity index (χ4v) is 5.28. The standard InChI is InChI=1S/C21H25NO3S/c1-24-13-8-20(23)22-11-9-21(10-12-22)17-15-19(16-5-3-2-4-6-16)26-18(17)7-14-25-21/h2-6,15H,7-14H2,1H3. The topological polar surface area (TPSA) is 38.8 Å². The number of ether oxygens (including phenoxy) is 2. The van der Waals surface area contributed by atoms with Gasteiger partial charge in [-0.3, -0.25) is 4.79 Å². The van der Waals surface area contributed by atoms with Crippen LogP contribution in [0.1, 0.15) is 29.7 Å². The van der Waals surface area contributed by atoms with Crippen LogP contribution in [0, 0.1) is 0 Å². The maximum absolute atomic E-state index is 12.3. The van der Waals surface area contributed by atoms with Gasteiger partial charge in [0.1, 0.15) is 0 Å². The van der Waals surface area contributed by atoms with Crippen molar-refractivity contribution in [2.75, 3.05) is 33.4 Å². The lowest BCUT2D eigenvalue weighted by Gasteiger charge is -2.44. The Labute approximate surface area is 158 Å². The molecule has 138 valence electrons. The molecular formula is C21H25NO3S. The van der Waals surface area contributed by atoms with Gasteiger partial charge in [-0.2, -0.15) is 0 Å². The fourth-order valence-electron chi connectivity index (χ4n) is 4.04. The Morgan fingerprint density at radius 3 is 2.77 bits per heavy atom. The number of carbonyl (C=O) groups is 1. The van der Waals surface area contributed by atoms with Crippen molar-refractivity contribution >= 4 is 17.2 Å². The highest BCUT2D eigenvalue weighted by atomic mass is 32.1. The van der Waals surface area contributed by atoms with E-state index in [1.165, 1.54) is 20.9 Å². The van der Waals surface area contributed by atoms with Crippen LogP contribution in [0.5, 0.6) is 0 Å². The zero-order valence-electron chi connectivity index (χ0n) is 15.2. The van der Waals surface area contributed by atoms with E-state index >= 15 is 0 Å². The zero-order chi connectivity index (χ0) is 18.0. The van der Waals surface area contributed by atoms with E-state index in [1.54, 1.807) is 7.11 Å². The van der Waals surface area contributed by atoms with Crippen LogP contribution < -0.4 is 0 Å². The monoisotopic (exact) mass is 371 g/mol. The minimum Gasteiger partial charge on any atom is -0.384 e. The largest absolute Gasteiger partial charge is 0.384 e. The van der Waals surface area contributed by atoms with Gasteiger partial charge in [-0.15, -0.1) is 11.3 Å². The molecule has 2 aliphatic rings. The van der Waals surface area contributed by atoms with Gasteiger partial charge in [0.2, 0.25) is 5.91 Å². The minimum atomic E-state index is -0.213. The average molecular weight is 372 g/mol. The predicted molar refractivity (Wildman–Crippen MR) is 103 cm³/mol. The van der Waals surface area contributed by atoms with E-state index in [0.717, 1.165) is 39.0 Å². The van der Waals surface area contributed by atoms with E-state index in [9.17, 15) is 4.79 Å². The van der Waals surface area contributed by atoms with Crippen LogP contribution in [0.15, 0.2) is 36.4 Å². The molecule has 1 aromatic carbocycles. The van der Waals surface area contributed by atoms with Crippen molar-refractivity contribution in [2.24, 2.45) is 0 Å². The fraction of sp³-hybridized carbons (Fsp3) is 0.476. The summed E-state index contributed by atoms with van der Waals surface area (Å²) < 4.78 is 11.4. The van der Waals surface area contributed by atoms with Crippen LogP contribution in [0.3, 0.4) is 0 Å². The third-order valence-electron chi connectivity index (χ3n) is 5.51. The number of rotatable bonds is 4. The summed E-state index contributed by atoms with van der Waals surface area (Å²) in [5.41, 5.74) is 2.42. The van der Waals surface area contributed by atoms with Gasteiger partial charge in [-0.1, -0.05) is 30.3 Å². The number of likely N-dealkylation sites (tertiary alicyclic amines) is 1. The molecule has 4 rings (SSSR count). The third-order valence-corrected chi connectivity index (χ3v) is 6.75. The number of hydrogen-bond donors (Lipinski definition) is 0. The smallest absolute Gasteiger partial charge is 0.224 e. The molecule has 0 N–H and O–H groups in total. The summed E-state index contributed by atoms with van der Waals surface area (Å²) in [5, 5.41) is 0. The first-order valence-electron chi connectivity index (χ1n) is 9.31. The molecule has 0 atom stereocenters. The van der Waals surface area contributed by atoms with Crippen molar-refractivity contribution in [1.82, 2.24) is 4.90 Å². The van der Waals surface area contributed by atoms with Gasteiger partial charge in [0.15, 0.2) is 0 Å². The number of amides is 1. The Morgan fingerprint density at radius 1 is 1.27 bits per heavy atom. The van der Waals surface area contributed by atoms with Crippen molar-refractivity contribution in [1.29, 1.82) is 0 Å². The van der Waals surface area contributed by atoms with E-state index in [1.807, 2.05) is 16.2 Å². The summed E-state index contributed by atoms with van der Waals surface area (Å²) in [4.78, 5) is 17.0. The lowest BCUT2D eigenvalue weighted by atomic mass is 9.82. The number of fused-ring (bicyclic) bond motifs is 2. The molecular weight excluding hydrogens is 346 g/mol. The molecule has 0 aliphatic carbocycles. The highest BCUT2D eigenvalue weighted by Crippen LogP contribution is 2.46. The predicted octanol–water partition coefficient (Wildman–Crippen LogP) is 3.84. The quantitative estimate of drug-likeness (QED) is 0.820. The Balaban J connectivity index is 1.53. The summed E-state index contributed by atoms with van der Waals surface area (Å²) in [6.07, 6.45) is 3.21. The normalized spacial score (nSPS) is 18.7. The third kappa shape index (κ3) is 3.31. The average Bonchev–Trinajstić information content (AvgIpc) is 3.13. The van der Waals surface area contributed by atoms with Crippen LogP contribution in [-0.2, 0) is 26.3 Å². The van der Waals surface area contributed by atoms with E-state index in [0.29, 0.717) is 13.0 Å². The van der Waals surface area contributed by atoms with Crippen LogP contribution in [0.2, 0.25) is 0 Å². The molecule has 1 aromatic heterocycles. The summed E-state index contributed by atoms with van der Waals surface area (Å²) in [6.45, 7) is 2.79. The molecule has 0 unspecified atom stereocenters. The SMILES string of the molecule is COCCC(=O)N1CCC2(CC1)OCCc1sc(-c3ccccc3)cc12. The Morgan fingerprint density at radius 2 is 2.04 bits per heavy atom. The molecule has 1 amide bonds. The molecule has 5 heteroatoms. The molecule has 0 bridgehead atoms. The van der Waals surface area contributed by atoms with E-state index < -0.39 is 0 Å². The van der Waals surface area contributed by atoms with Crippen molar-refractivity contribution in [3.63, 3.8) is 0 Å². The van der Waals surface area contributed by atoms with Crippen LogP contribution in [-0.4, -0.2) is 44.2 Å². The maximum atomic E-state index is 12.3. The number of nitrogens with zero attached hydrogens (tertiary/aromatic N) is 1. The van der Waals surface area contributed by atoms with Crippen LogP contribution >= 0.6 is 11.3 Å². The molecule has 1 saturated heterocycles. The van der Waals surface area contributed by atoms with Crippen molar-refractivity contribution in [3.05, 3.63) is 46.8 Å². The van der Waals surface area contributed by atoms with Gasteiger partial charge in [-0.05, 0) is 30.0 Å². The van der Waals surface area contributed by atoms with Gasteiger partial charge in [0.05, 0.1) is 25.2 Å². The Kier molecular flexibility index (Phi) is 5.11. The van der Waals surface area contributed by atoms with Gasteiger partial charge in [0, 0.05) is 36.4 Å². The van der Waals surface area contributed by atoms with Crippen molar-refractivity contribution in [2.45, 2.75) is 31.3 Å². The van der Waals surface area contributed by atoms with Crippen LogP contribution in [0.4, 0.5) is 0 Å². The van der Waals surface area contributed by atoms with E-state index in [-0.39, 0.29) is 11.5 Å². The summed E-state index contributed by atoms with van der Waals surface area (Å²) in [6, 6.07) is 12.9. The molecule has 2 aliphatic heterocycles. The van der Waals surface area contributed by atoms with Crippen molar-refractivity contribution in [3.8, 4) is 10.4 Å². The number of methoxy groups -OCH3 is 1. The molecule has 2 aromatic rings. The number of hydrogen-bond acceptors (Lipinski definition) is 4. The molecule has 1 fully saturated rings. The number of benzene rings is 1. The molecule has 4 nitrogen and oxygen atoms in total. The summed E-state index contributed by atoms with van der Waals surface area (Å²) in [5.74, 6) is 0.188. The second kappa shape index (κ2) is 7.51. The Hall–Kier alpha value is -1.69. The lowest BCUT2D eigenvalue weighted by Crippen LogP contribution is -2.48. The molecule has 3 heterocycles. The number of thiophene rings is 1. The van der Waals surface area contributed by atoms with Gasteiger partial charge in [-0.25, -0.2) is 0 Å². The Bertz CT molecular complexity index is 763. The zero-order valence-corrected chi connectivity index (χ0v) is 16.0. The molecule has 1 spiro atoms. The van der Waals surface area contributed by atoms with Gasteiger partial charge < -0.3 is 14.4 Å². The van der Waals surface area contributed by atoms with E-state index in [4.69, 9.17) is 9.47 Å². The first kappa shape index (κ1) is 17.7. The van der Waals surface area contributed by atoms with Crippen LogP contribution in [0.25, 0.3) is 10.4 Å². The second-order valence-corrected chi connectivity index (χ2v) is 8.17. The highest BCUT2D eigenvalue weighted by Gasteiger charge is 2.42. The van der Waals surface area contributed by atoms with Gasteiger partial charge >= 0.3 is 0 Å². The second-order valence-electron chi connectivity index (χ2n) is 7.03. The summed E-state index contributed by atoms with van der Waals surface area (Å²) >= 11 is 1.90. The molecule has 0 radical (unpaired) electrons. The number of piperidine rings is 1. The first-order valence-corrected chi connectivity index (χ1v) is 10.1. The van der Waals surface area contributed by atoms with Crippen molar-refractivity contribution < 1.29 is 14.3 Å². The highest BCUT2D eigenvalue weighted by molar-refractivity contribution is 7.15.